The molecule has 0 bridgehead atoms. The molecule has 0 atom stereocenters. The minimum absolute atomic E-state index is 0.550. The second kappa shape index (κ2) is 7.57. The summed E-state index contributed by atoms with van der Waals surface area (Å²) in [6.45, 7) is 0.550. The molecule has 6 nitrogen and oxygen atoms in total. The number of nitrogens with one attached hydrogen (secondary N) is 1. The number of anilines is 1. The molecule has 0 aliphatic rings. The van der Waals surface area contributed by atoms with E-state index in [4.69, 9.17) is 5.26 Å². The number of nitriles is 1. The van der Waals surface area contributed by atoms with E-state index in [9.17, 15) is 0 Å². The molecular weight excluding hydrogens is 372 g/mol. The number of fused-ring (bicyclic) bond motifs is 2. The Labute approximate surface area is 172 Å². The molecule has 0 aliphatic heterocycles. The Bertz CT molecular complexity index is 1420. The Hall–Kier alpha value is -4.37. The molecule has 0 saturated heterocycles. The predicted molar refractivity (Wildman–Crippen MR) is 117 cm³/mol. The van der Waals surface area contributed by atoms with Crippen molar-refractivity contribution in [2.24, 2.45) is 0 Å². The molecular formula is C24H16N6. The summed E-state index contributed by atoms with van der Waals surface area (Å²) < 4.78 is 0. The molecule has 3 heterocycles. The lowest BCUT2D eigenvalue weighted by Gasteiger charge is -2.08. The molecule has 2 aromatic carbocycles. The first-order valence-electron chi connectivity index (χ1n) is 9.49. The highest BCUT2D eigenvalue weighted by molar-refractivity contribution is 5.83. The summed E-state index contributed by atoms with van der Waals surface area (Å²) in [5, 5.41) is 14.3. The van der Waals surface area contributed by atoms with E-state index in [0.717, 1.165) is 38.6 Å². The largest absolute Gasteiger partial charge is 0.350 e. The van der Waals surface area contributed by atoms with Crippen molar-refractivity contribution in [1.29, 1.82) is 5.26 Å². The van der Waals surface area contributed by atoms with Crippen molar-refractivity contribution < 1.29 is 0 Å². The molecule has 0 unspecified atom stereocenters. The highest BCUT2D eigenvalue weighted by Gasteiger charge is 2.05. The Morgan fingerprint density at radius 2 is 1.77 bits per heavy atom. The number of rotatable bonds is 4. The third-order valence-electron chi connectivity index (χ3n) is 4.87. The van der Waals surface area contributed by atoms with Crippen molar-refractivity contribution in [3.8, 4) is 17.3 Å². The summed E-state index contributed by atoms with van der Waals surface area (Å²) in [6.07, 6.45) is 5.34. The van der Waals surface area contributed by atoms with E-state index >= 15 is 0 Å². The maximum Gasteiger partial charge on any atom is 0.223 e. The lowest BCUT2D eigenvalue weighted by molar-refractivity contribution is 1.05. The smallest absolute Gasteiger partial charge is 0.223 e. The van der Waals surface area contributed by atoms with Crippen LogP contribution in [0.4, 0.5) is 5.95 Å². The molecule has 0 amide bonds. The van der Waals surface area contributed by atoms with Gasteiger partial charge in [-0.15, -0.1) is 0 Å². The van der Waals surface area contributed by atoms with E-state index in [2.05, 4.69) is 43.5 Å². The van der Waals surface area contributed by atoms with E-state index in [1.807, 2.05) is 36.4 Å². The first-order chi connectivity index (χ1) is 14.8. The molecule has 0 aliphatic carbocycles. The van der Waals surface area contributed by atoms with Crippen molar-refractivity contribution in [2.45, 2.75) is 6.54 Å². The van der Waals surface area contributed by atoms with Crippen molar-refractivity contribution in [2.75, 3.05) is 5.32 Å². The molecule has 6 heteroatoms. The van der Waals surface area contributed by atoms with Gasteiger partial charge < -0.3 is 5.32 Å². The van der Waals surface area contributed by atoms with Crippen molar-refractivity contribution in [3.05, 3.63) is 90.4 Å². The van der Waals surface area contributed by atoms with Gasteiger partial charge in [0.25, 0.3) is 0 Å². The van der Waals surface area contributed by atoms with Gasteiger partial charge in [0, 0.05) is 41.5 Å². The van der Waals surface area contributed by atoms with Gasteiger partial charge in [-0.3, -0.25) is 9.97 Å². The molecule has 0 radical (unpaired) electrons. The Morgan fingerprint density at radius 3 is 2.70 bits per heavy atom. The van der Waals surface area contributed by atoms with Gasteiger partial charge in [0.1, 0.15) is 0 Å². The standard InChI is InChI=1S/C24H16N6/c25-13-16-3-4-19-10-17(14-28-23(19)11-16)15-29-24-27-9-7-22(30-24)20-5-6-21-18(12-20)2-1-8-26-21/h1-12,14H,15H2,(H,27,29,30). The average Bonchev–Trinajstić information content (AvgIpc) is 2.82. The molecule has 5 rings (SSSR count). The molecule has 1 N–H and O–H groups in total. The number of hydrogen-bond acceptors (Lipinski definition) is 6. The fourth-order valence-electron chi connectivity index (χ4n) is 3.35. The summed E-state index contributed by atoms with van der Waals surface area (Å²) >= 11 is 0. The summed E-state index contributed by atoms with van der Waals surface area (Å²) in [4.78, 5) is 17.8. The molecule has 142 valence electrons. The zero-order valence-corrected chi connectivity index (χ0v) is 15.9. The summed E-state index contributed by atoms with van der Waals surface area (Å²) in [6, 6.07) is 21.7. The minimum atomic E-state index is 0.550. The number of benzene rings is 2. The van der Waals surface area contributed by atoms with Gasteiger partial charge in [0.05, 0.1) is 28.4 Å². The monoisotopic (exact) mass is 388 g/mol. The van der Waals surface area contributed by atoms with Crippen molar-refractivity contribution >= 4 is 27.8 Å². The zero-order valence-electron chi connectivity index (χ0n) is 15.9. The van der Waals surface area contributed by atoms with Crippen LogP contribution in [0.3, 0.4) is 0 Å². The lowest BCUT2D eigenvalue weighted by atomic mass is 10.1. The van der Waals surface area contributed by atoms with Crippen LogP contribution in [-0.2, 0) is 6.54 Å². The minimum Gasteiger partial charge on any atom is -0.350 e. The predicted octanol–water partition coefficient (Wildman–Crippen LogP) is 4.72. The maximum absolute atomic E-state index is 9.01. The number of nitrogens with zero attached hydrogens (tertiary/aromatic N) is 5. The third-order valence-corrected chi connectivity index (χ3v) is 4.87. The van der Waals surface area contributed by atoms with Crippen LogP contribution in [0.15, 0.2) is 79.3 Å². The van der Waals surface area contributed by atoms with Crippen LogP contribution in [0.2, 0.25) is 0 Å². The topological polar surface area (TPSA) is 87.4 Å². The van der Waals surface area contributed by atoms with Gasteiger partial charge in [0.15, 0.2) is 0 Å². The molecule has 30 heavy (non-hydrogen) atoms. The molecule has 0 spiro atoms. The Morgan fingerprint density at radius 1 is 0.833 bits per heavy atom. The highest BCUT2D eigenvalue weighted by Crippen LogP contribution is 2.22. The van der Waals surface area contributed by atoms with Gasteiger partial charge in [-0.2, -0.15) is 5.26 Å². The van der Waals surface area contributed by atoms with E-state index in [0.29, 0.717) is 18.1 Å². The van der Waals surface area contributed by atoms with Gasteiger partial charge >= 0.3 is 0 Å². The first kappa shape index (κ1) is 17.7. The van der Waals surface area contributed by atoms with Crippen LogP contribution < -0.4 is 5.32 Å². The van der Waals surface area contributed by atoms with E-state index < -0.39 is 0 Å². The average molecular weight is 388 g/mol. The molecule has 5 aromatic rings. The van der Waals surface area contributed by atoms with Crippen molar-refractivity contribution in [3.63, 3.8) is 0 Å². The van der Waals surface area contributed by atoms with Gasteiger partial charge in [-0.05, 0) is 48.0 Å². The third kappa shape index (κ3) is 3.52. The van der Waals surface area contributed by atoms with Crippen LogP contribution in [0, 0.1) is 11.3 Å². The molecule has 3 aromatic heterocycles. The Balaban J connectivity index is 1.36. The second-order valence-electron chi connectivity index (χ2n) is 6.89. The zero-order chi connectivity index (χ0) is 20.3. The van der Waals surface area contributed by atoms with E-state index in [-0.39, 0.29) is 0 Å². The van der Waals surface area contributed by atoms with E-state index in [1.54, 1.807) is 30.7 Å². The van der Waals surface area contributed by atoms with Crippen LogP contribution >= 0.6 is 0 Å². The van der Waals surface area contributed by atoms with Crippen LogP contribution in [0.5, 0.6) is 0 Å². The SMILES string of the molecule is N#Cc1ccc2cc(CNc3nccc(-c4ccc5ncccc5c4)n3)cnc2c1. The first-order valence-corrected chi connectivity index (χ1v) is 9.49. The van der Waals surface area contributed by atoms with E-state index in [1.165, 1.54) is 0 Å². The second-order valence-corrected chi connectivity index (χ2v) is 6.89. The molecule has 0 saturated carbocycles. The van der Waals surface area contributed by atoms with Gasteiger partial charge in [-0.1, -0.05) is 18.2 Å². The number of hydrogen-bond donors (Lipinski definition) is 1. The van der Waals surface area contributed by atoms with Gasteiger partial charge in [-0.25, -0.2) is 9.97 Å². The van der Waals surface area contributed by atoms with Gasteiger partial charge in [0.2, 0.25) is 5.95 Å². The highest BCUT2D eigenvalue weighted by atomic mass is 15.1. The number of aromatic nitrogens is 4. The van der Waals surface area contributed by atoms with Crippen LogP contribution in [0.1, 0.15) is 11.1 Å². The maximum atomic E-state index is 9.01. The van der Waals surface area contributed by atoms with Crippen molar-refractivity contribution in [1.82, 2.24) is 19.9 Å². The van der Waals surface area contributed by atoms with Crippen LogP contribution in [-0.4, -0.2) is 19.9 Å². The number of pyridine rings is 2. The molecule has 0 fully saturated rings. The van der Waals surface area contributed by atoms with Crippen LogP contribution in [0.25, 0.3) is 33.1 Å². The lowest BCUT2D eigenvalue weighted by Crippen LogP contribution is -2.04. The summed E-state index contributed by atoms with van der Waals surface area (Å²) in [5.41, 5.74) is 5.25. The normalized spacial score (nSPS) is 10.8. The quantitative estimate of drug-likeness (QED) is 0.479. The fraction of sp³-hybridized carbons (Fsp3) is 0.0417. The fourth-order valence-corrected chi connectivity index (χ4v) is 3.35. The summed E-state index contributed by atoms with van der Waals surface area (Å²) in [7, 11) is 0. The summed E-state index contributed by atoms with van der Waals surface area (Å²) in [5.74, 6) is 0.554. The Kier molecular flexibility index (Phi) is 4.47.